The summed E-state index contributed by atoms with van der Waals surface area (Å²) in [7, 11) is 0. The third-order valence-corrected chi connectivity index (χ3v) is 4.14. The molecule has 0 amide bonds. The van der Waals surface area contributed by atoms with Gasteiger partial charge in [-0.25, -0.2) is 4.79 Å². The zero-order valence-corrected chi connectivity index (χ0v) is 16.2. The van der Waals surface area contributed by atoms with Gasteiger partial charge in [-0.1, -0.05) is 43.3 Å². The second-order valence-corrected chi connectivity index (χ2v) is 6.40. The molecule has 4 nitrogen and oxygen atoms in total. The largest absolute Gasteiger partial charge is 0.494 e. The maximum absolute atomic E-state index is 12.3. The number of hydrogen-bond donors (Lipinski definition) is 0. The van der Waals surface area contributed by atoms with Crippen LogP contribution in [0.2, 0.25) is 0 Å². The van der Waals surface area contributed by atoms with Crippen molar-refractivity contribution in [3.8, 4) is 11.5 Å². The summed E-state index contributed by atoms with van der Waals surface area (Å²) in [5.41, 5.74) is 1.91. The van der Waals surface area contributed by atoms with Crippen molar-refractivity contribution >= 4 is 17.8 Å². The SMILES string of the molecule is CCCOc1ccc(C(=O)Oc2ccc(C(=O)/C=C/c3ccccc3)cc2)cc1. The Morgan fingerprint density at radius 3 is 2.07 bits per heavy atom. The van der Waals surface area contributed by atoms with Crippen LogP contribution in [0.15, 0.2) is 84.9 Å². The molecule has 146 valence electrons. The lowest BCUT2D eigenvalue weighted by Crippen LogP contribution is -2.08. The monoisotopic (exact) mass is 386 g/mol. The van der Waals surface area contributed by atoms with Crippen LogP contribution in [-0.2, 0) is 0 Å². The second kappa shape index (κ2) is 10.0. The van der Waals surface area contributed by atoms with Crippen molar-refractivity contribution < 1.29 is 19.1 Å². The molecule has 0 bridgehead atoms. The molecule has 0 heterocycles. The molecule has 0 atom stereocenters. The molecule has 3 aromatic rings. The zero-order valence-electron chi connectivity index (χ0n) is 16.2. The Morgan fingerprint density at radius 1 is 0.793 bits per heavy atom. The van der Waals surface area contributed by atoms with Crippen LogP contribution in [0, 0.1) is 0 Å². The first-order valence-corrected chi connectivity index (χ1v) is 9.48. The second-order valence-electron chi connectivity index (χ2n) is 6.40. The summed E-state index contributed by atoms with van der Waals surface area (Å²) < 4.78 is 10.9. The van der Waals surface area contributed by atoms with Crippen molar-refractivity contribution in [1.29, 1.82) is 0 Å². The Bertz CT molecular complexity index is 972. The lowest BCUT2D eigenvalue weighted by atomic mass is 10.1. The van der Waals surface area contributed by atoms with Gasteiger partial charge in [0.2, 0.25) is 0 Å². The van der Waals surface area contributed by atoms with Gasteiger partial charge < -0.3 is 9.47 Å². The van der Waals surface area contributed by atoms with E-state index in [9.17, 15) is 9.59 Å². The number of esters is 1. The first-order chi connectivity index (χ1) is 14.2. The Kier molecular flexibility index (Phi) is 6.95. The molecule has 0 aliphatic carbocycles. The van der Waals surface area contributed by atoms with E-state index in [0.717, 1.165) is 17.7 Å². The molecule has 0 saturated carbocycles. The number of ketones is 1. The number of carbonyl (C=O) groups is 2. The number of hydrogen-bond acceptors (Lipinski definition) is 4. The van der Waals surface area contributed by atoms with Gasteiger partial charge in [0, 0.05) is 5.56 Å². The maximum atomic E-state index is 12.3. The summed E-state index contributed by atoms with van der Waals surface area (Å²) in [6.45, 7) is 2.67. The fraction of sp³-hybridized carbons (Fsp3) is 0.120. The maximum Gasteiger partial charge on any atom is 0.343 e. The Morgan fingerprint density at radius 2 is 1.41 bits per heavy atom. The standard InChI is InChI=1S/C25H22O4/c1-2-18-28-22-13-11-21(12-14-22)25(27)29-23-15-9-20(10-16-23)24(26)17-8-19-6-4-3-5-7-19/h3-17H,2,18H2,1H3/b17-8+. The number of rotatable bonds is 8. The van der Waals surface area contributed by atoms with Crippen LogP contribution in [-0.4, -0.2) is 18.4 Å². The Labute approximate surface area is 170 Å². The summed E-state index contributed by atoms with van der Waals surface area (Å²) in [6.07, 6.45) is 4.22. The van der Waals surface area contributed by atoms with Gasteiger partial charge in [-0.15, -0.1) is 0 Å². The van der Waals surface area contributed by atoms with Crippen molar-refractivity contribution in [2.75, 3.05) is 6.61 Å². The van der Waals surface area contributed by atoms with Crippen molar-refractivity contribution in [2.45, 2.75) is 13.3 Å². The molecule has 0 N–H and O–H groups in total. The van der Waals surface area contributed by atoms with Crippen LogP contribution in [0.4, 0.5) is 0 Å². The molecular formula is C25H22O4. The highest BCUT2D eigenvalue weighted by atomic mass is 16.5. The predicted octanol–water partition coefficient (Wildman–Crippen LogP) is 5.59. The van der Waals surface area contributed by atoms with Crippen LogP contribution >= 0.6 is 0 Å². The molecular weight excluding hydrogens is 364 g/mol. The minimum absolute atomic E-state index is 0.116. The number of allylic oxidation sites excluding steroid dienone is 1. The minimum Gasteiger partial charge on any atom is -0.494 e. The van der Waals surface area contributed by atoms with E-state index in [2.05, 4.69) is 0 Å². The third kappa shape index (κ3) is 5.91. The average molecular weight is 386 g/mol. The smallest absolute Gasteiger partial charge is 0.343 e. The fourth-order valence-corrected chi connectivity index (χ4v) is 2.59. The molecule has 3 rings (SSSR count). The summed E-state index contributed by atoms with van der Waals surface area (Å²) in [5, 5.41) is 0. The van der Waals surface area contributed by atoms with Crippen molar-refractivity contribution in [2.24, 2.45) is 0 Å². The third-order valence-electron chi connectivity index (χ3n) is 4.14. The van der Waals surface area contributed by atoms with E-state index in [1.54, 1.807) is 54.6 Å². The first kappa shape index (κ1) is 20.1. The number of ether oxygens (including phenoxy) is 2. The highest BCUT2D eigenvalue weighted by Gasteiger charge is 2.10. The average Bonchev–Trinajstić information content (AvgIpc) is 2.77. The van der Waals surface area contributed by atoms with E-state index in [1.165, 1.54) is 6.08 Å². The van der Waals surface area contributed by atoms with Gasteiger partial charge >= 0.3 is 5.97 Å². The molecule has 0 aliphatic heterocycles. The fourth-order valence-electron chi connectivity index (χ4n) is 2.59. The van der Waals surface area contributed by atoms with Gasteiger partial charge in [0.15, 0.2) is 5.78 Å². The molecule has 0 saturated heterocycles. The van der Waals surface area contributed by atoms with Gasteiger partial charge in [-0.3, -0.25) is 4.79 Å². The number of benzene rings is 3. The van der Waals surface area contributed by atoms with Crippen molar-refractivity contribution in [1.82, 2.24) is 0 Å². The van der Waals surface area contributed by atoms with Gasteiger partial charge in [0.25, 0.3) is 0 Å². The predicted molar refractivity (Wildman–Crippen MR) is 113 cm³/mol. The highest BCUT2D eigenvalue weighted by molar-refractivity contribution is 6.06. The summed E-state index contributed by atoms with van der Waals surface area (Å²) in [6, 6.07) is 22.9. The zero-order chi connectivity index (χ0) is 20.5. The van der Waals surface area contributed by atoms with Gasteiger partial charge in [-0.05, 0) is 66.6 Å². The van der Waals surface area contributed by atoms with Gasteiger partial charge in [0.1, 0.15) is 11.5 Å². The molecule has 0 radical (unpaired) electrons. The summed E-state index contributed by atoms with van der Waals surface area (Å²) in [5.74, 6) is 0.518. The summed E-state index contributed by atoms with van der Waals surface area (Å²) in [4.78, 5) is 24.5. The van der Waals surface area contributed by atoms with E-state index >= 15 is 0 Å². The lowest BCUT2D eigenvalue weighted by molar-refractivity contribution is 0.0734. The molecule has 0 spiro atoms. The Hall–Kier alpha value is -3.66. The first-order valence-electron chi connectivity index (χ1n) is 9.48. The minimum atomic E-state index is -0.463. The molecule has 0 fully saturated rings. The van der Waals surface area contributed by atoms with Gasteiger partial charge in [-0.2, -0.15) is 0 Å². The molecule has 4 heteroatoms. The molecule has 0 aromatic heterocycles. The molecule has 29 heavy (non-hydrogen) atoms. The van der Waals surface area contributed by atoms with E-state index in [1.807, 2.05) is 37.3 Å². The topological polar surface area (TPSA) is 52.6 Å². The normalized spacial score (nSPS) is 10.7. The van der Waals surface area contributed by atoms with E-state index in [-0.39, 0.29) is 5.78 Å². The van der Waals surface area contributed by atoms with Crippen molar-refractivity contribution in [3.05, 3.63) is 102 Å². The van der Waals surface area contributed by atoms with E-state index < -0.39 is 5.97 Å². The van der Waals surface area contributed by atoms with Crippen LogP contribution in [0.3, 0.4) is 0 Å². The highest BCUT2D eigenvalue weighted by Crippen LogP contribution is 2.17. The van der Waals surface area contributed by atoms with Crippen molar-refractivity contribution in [3.63, 3.8) is 0 Å². The lowest BCUT2D eigenvalue weighted by Gasteiger charge is -2.07. The Balaban J connectivity index is 1.59. The van der Waals surface area contributed by atoms with Crippen LogP contribution in [0.25, 0.3) is 6.08 Å². The molecule has 0 unspecified atom stereocenters. The quantitative estimate of drug-likeness (QED) is 0.219. The van der Waals surface area contributed by atoms with Gasteiger partial charge in [0.05, 0.1) is 12.2 Å². The summed E-state index contributed by atoms with van der Waals surface area (Å²) >= 11 is 0. The van der Waals surface area contributed by atoms with Crippen LogP contribution in [0.5, 0.6) is 11.5 Å². The van der Waals surface area contributed by atoms with Crippen LogP contribution < -0.4 is 9.47 Å². The van der Waals surface area contributed by atoms with E-state index in [4.69, 9.17) is 9.47 Å². The van der Waals surface area contributed by atoms with E-state index in [0.29, 0.717) is 23.5 Å². The van der Waals surface area contributed by atoms with Crippen LogP contribution in [0.1, 0.15) is 39.6 Å². The molecule has 0 aliphatic rings. The molecule has 3 aromatic carbocycles. The number of carbonyl (C=O) groups excluding carboxylic acids is 2.